The van der Waals surface area contributed by atoms with Crippen LogP contribution in [0.25, 0.3) is 0 Å². The lowest BCUT2D eigenvalue weighted by atomic mass is 10.0. The predicted molar refractivity (Wildman–Crippen MR) is 264 cm³/mol. The number of allylic oxidation sites excluding steroid dienone is 2. The third kappa shape index (κ3) is 47.9. The quantitative estimate of drug-likeness (QED) is 0.0322. The Hall–Kier alpha value is -1.40. The molecule has 6 heteroatoms. The van der Waals surface area contributed by atoms with Crippen molar-refractivity contribution in [2.75, 3.05) is 13.2 Å². The number of esters is 1. The zero-order chi connectivity index (χ0) is 44.4. The van der Waals surface area contributed by atoms with Gasteiger partial charge in [-0.15, -0.1) is 0 Å². The van der Waals surface area contributed by atoms with E-state index >= 15 is 0 Å². The Kier molecular flexibility index (Phi) is 50.1. The zero-order valence-electron chi connectivity index (χ0n) is 41.2. The molecule has 0 aliphatic heterocycles. The maximum absolute atomic E-state index is 12.5. The van der Waals surface area contributed by atoms with E-state index < -0.39 is 12.1 Å². The summed E-state index contributed by atoms with van der Waals surface area (Å²) in [5, 5.41) is 23.3. The first-order valence-electron chi connectivity index (χ1n) is 27.4. The maximum Gasteiger partial charge on any atom is 0.305 e. The molecule has 0 aromatic carbocycles. The van der Waals surface area contributed by atoms with Crippen LogP contribution < -0.4 is 5.32 Å². The molecular formula is C55H107NO5. The Morgan fingerprint density at radius 1 is 0.443 bits per heavy atom. The maximum atomic E-state index is 12.5. The van der Waals surface area contributed by atoms with Gasteiger partial charge in [0, 0.05) is 12.8 Å². The molecule has 0 aromatic rings. The van der Waals surface area contributed by atoms with Gasteiger partial charge < -0.3 is 20.3 Å². The summed E-state index contributed by atoms with van der Waals surface area (Å²) in [6, 6.07) is -0.555. The minimum atomic E-state index is -0.677. The molecule has 0 aliphatic carbocycles. The molecule has 2 unspecified atom stereocenters. The van der Waals surface area contributed by atoms with Gasteiger partial charge in [0.25, 0.3) is 0 Å². The Balaban J connectivity index is 3.47. The molecule has 3 N–H and O–H groups in total. The second-order valence-corrected chi connectivity index (χ2v) is 18.9. The number of nitrogens with one attached hydrogen (secondary N) is 1. The van der Waals surface area contributed by atoms with Crippen molar-refractivity contribution in [2.45, 2.75) is 315 Å². The van der Waals surface area contributed by atoms with E-state index in [-0.39, 0.29) is 18.5 Å². The lowest BCUT2D eigenvalue weighted by molar-refractivity contribution is -0.143. The molecule has 0 aliphatic rings. The fraction of sp³-hybridized carbons (Fsp3) is 0.927. The van der Waals surface area contributed by atoms with Crippen molar-refractivity contribution in [3.8, 4) is 0 Å². The SMILES string of the molecule is CCCCCC/C=C\CCCCCCCC(=O)OCCCCCCCCCCCCCC(=O)NC(CO)C(O)CCCCCCCCCCCCCCCCCCCCCC. The minimum Gasteiger partial charge on any atom is -0.466 e. The number of ether oxygens (including phenoxy) is 1. The number of rotatable bonds is 51. The van der Waals surface area contributed by atoms with Crippen molar-refractivity contribution in [3.63, 3.8) is 0 Å². The molecule has 61 heavy (non-hydrogen) atoms. The molecule has 0 aromatic heterocycles. The van der Waals surface area contributed by atoms with Crippen molar-refractivity contribution >= 4 is 11.9 Å². The van der Waals surface area contributed by atoms with E-state index in [1.807, 2.05) is 0 Å². The number of hydrogen-bond acceptors (Lipinski definition) is 5. The molecular weight excluding hydrogens is 755 g/mol. The number of unbranched alkanes of at least 4 members (excludes halogenated alkanes) is 38. The van der Waals surface area contributed by atoms with E-state index in [0.717, 1.165) is 57.8 Å². The smallest absolute Gasteiger partial charge is 0.305 e. The molecule has 0 saturated heterocycles. The van der Waals surface area contributed by atoms with Crippen LogP contribution >= 0.6 is 0 Å². The summed E-state index contributed by atoms with van der Waals surface area (Å²) in [6.45, 7) is 4.91. The van der Waals surface area contributed by atoms with E-state index in [1.165, 1.54) is 212 Å². The van der Waals surface area contributed by atoms with Gasteiger partial charge in [0.15, 0.2) is 0 Å². The average molecular weight is 862 g/mol. The van der Waals surface area contributed by atoms with Crippen molar-refractivity contribution in [2.24, 2.45) is 0 Å². The highest BCUT2D eigenvalue weighted by molar-refractivity contribution is 5.76. The largest absolute Gasteiger partial charge is 0.466 e. The summed E-state index contributed by atoms with van der Waals surface area (Å²) >= 11 is 0. The Labute approximate surface area is 380 Å². The Bertz CT molecular complexity index is 909. The van der Waals surface area contributed by atoms with E-state index in [2.05, 4.69) is 31.3 Å². The number of carbonyl (C=O) groups is 2. The first kappa shape index (κ1) is 59.6. The van der Waals surface area contributed by atoms with Gasteiger partial charge in [-0.1, -0.05) is 251 Å². The second-order valence-electron chi connectivity index (χ2n) is 18.9. The highest BCUT2D eigenvalue weighted by Gasteiger charge is 2.20. The molecule has 2 atom stereocenters. The van der Waals surface area contributed by atoms with Gasteiger partial charge in [-0.2, -0.15) is 0 Å². The fourth-order valence-electron chi connectivity index (χ4n) is 8.58. The van der Waals surface area contributed by atoms with Crippen molar-refractivity contribution in [1.29, 1.82) is 0 Å². The van der Waals surface area contributed by atoms with Gasteiger partial charge in [0.1, 0.15) is 0 Å². The predicted octanol–water partition coefficient (Wildman–Crippen LogP) is 16.5. The van der Waals surface area contributed by atoms with Gasteiger partial charge in [0.2, 0.25) is 5.91 Å². The number of amides is 1. The van der Waals surface area contributed by atoms with Gasteiger partial charge in [-0.25, -0.2) is 0 Å². The van der Waals surface area contributed by atoms with E-state index in [0.29, 0.717) is 25.9 Å². The summed E-state index contributed by atoms with van der Waals surface area (Å²) in [7, 11) is 0. The number of hydrogen-bond donors (Lipinski definition) is 3. The molecule has 6 nitrogen and oxygen atoms in total. The topological polar surface area (TPSA) is 95.9 Å². The van der Waals surface area contributed by atoms with Crippen molar-refractivity contribution < 1.29 is 24.5 Å². The van der Waals surface area contributed by atoms with Crippen LogP contribution in [0.15, 0.2) is 12.2 Å². The van der Waals surface area contributed by atoms with Crippen LogP contribution in [0, 0.1) is 0 Å². The monoisotopic (exact) mass is 862 g/mol. The third-order valence-electron chi connectivity index (χ3n) is 12.8. The summed E-state index contributed by atoms with van der Waals surface area (Å²) < 4.78 is 5.45. The fourth-order valence-corrected chi connectivity index (χ4v) is 8.58. The van der Waals surface area contributed by atoms with Crippen molar-refractivity contribution in [1.82, 2.24) is 5.32 Å². The third-order valence-corrected chi connectivity index (χ3v) is 12.8. The molecule has 0 rings (SSSR count). The molecule has 1 amide bonds. The number of aliphatic hydroxyl groups excluding tert-OH is 2. The van der Waals surface area contributed by atoms with Crippen LogP contribution in [-0.2, 0) is 14.3 Å². The number of carbonyl (C=O) groups excluding carboxylic acids is 2. The summed E-state index contributed by atoms with van der Waals surface area (Å²) in [4.78, 5) is 24.5. The van der Waals surface area contributed by atoms with Crippen LogP contribution in [0.5, 0.6) is 0 Å². The standard InChI is InChI=1S/C55H107NO5/c1-3-5-7-9-11-13-15-17-18-19-20-21-22-23-25-27-31-35-39-43-47-53(58)52(51-57)56-54(59)48-44-40-36-32-28-26-30-34-38-42-46-50-61-55(60)49-45-41-37-33-29-24-16-14-12-10-8-6-4-2/h14,16,52-53,57-58H,3-13,15,17-51H2,1-2H3,(H,56,59)/b16-14-. The Morgan fingerprint density at radius 2 is 0.770 bits per heavy atom. The van der Waals surface area contributed by atoms with E-state index in [9.17, 15) is 19.8 Å². The molecule has 362 valence electrons. The van der Waals surface area contributed by atoms with Gasteiger partial charge in [-0.05, 0) is 51.4 Å². The average Bonchev–Trinajstić information content (AvgIpc) is 3.26. The lowest BCUT2D eigenvalue weighted by Crippen LogP contribution is -2.45. The minimum absolute atomic E-state index is 0.0220. The molecule has 0 saturated carbocycles. The van der Waals surface area contributed by atoms with Crippen LogP contribution in [0.2, 0.25) is 0 Å². The van der Waals surface area contributed by atoms with Gasteiger partial charge in [-0.3, -0.25) is 9.59 Å². The Morgan fingerprint density at radius 3 is 1.18 bits per heavy atom. The van der Waals surface area contributed by atoms with Crippen LogP contribution in [0.3, 0.4) is 0 Å². The summed E-state index contributed by atoms with van der Waals surface area (Å²) in [6.07, 6.45) is 59.0. The normalized spacial score (nSPS) is 12.7. The molecule has 0 bridgehead atoms. The van der Waals surface area contributed by atoms with Gasteiger partial charge >= 0.3 is 5.97 Å². The first-order chi connectivity index (χ1) is 30.0. The molecule has 0 fully saturated rings. The van der Waals surface area contributed by atoms with E-state index in [1.54, 1.807) is 0 Å². The number of aliphatic hydroxyl groups is 2. The van der Waals surface area contributed by atoms with Crippen molar-refractivity contribution in [3.05, 3.63) is 12.2 Å². The lowest BCUT2D eigenvalue weighted by Gasteiger charge is -2.22. The highest BCUT2D eigenvalue weighted by atomic mass is 16.5. The molecule has 0 spiro atoms. The zero-order valence-corrected chi connectivity index (χ0v) is 41.2. The van der Waals surface area contributed by atoms with Crippen LogP contribution in [0.1, 0.15) is 303 Å². The molecule has 0 radical (unpaired) electrons. The highest BCUT2D eigenvalue weighted by Crippen LogP contribution is 2.17. The summed E-state index contributed by atoms with van der Waals surface area (Å²) in [5.74, 6) is -0.0735. The van der Waals surface area contributed by atoms with Gasteiger partial charge in [0.05, 0.1) is 25.4 Å². The van der Waals surface area contributed by atoms with E-state index in [4.69, 9.17) is 4.74 Å². The first-order valence-corrected chi connectivity index (χ1v) is 27.4. The van der Waals surface area contributed by atoms with Crippen LogP contribution in [-0.4, -0.2) is 47.4 Å². The second kappa shape index (κ2) is 51.2. The van der Waals surface area contributed by atoms with Crippen LogP contribution in [0.4, 0.5) is 0 Å². The molecule has 0 heterocycles. The summed E-state index contributed by atoms with van der Waals surface area (Å²) in [5.41, 5.74) is 0.